The van der Waals surface area contributed by atoms with Crippen LogP contribution in [0.25, 0.3) is 0 Å². The number of aromatic nitrogens is 1. The average Bonchev–Trinajstić information content (AvgIpc) is 2.99. The highest BCUT2D eigenvalue weighted by Gasteiger charge is 2.16. The summed E-state index contributed by atoms with van der Waals surface area (Å²) in [4.78, 5) is 17.7. The second kappa shape index (κ2) is 7.89. The summed E-state index contributed by atoms with van der Waals surface area (Å²) in [5, 5.41) is 7.63. The molecular formula is C20H20ClN3OS. The van der Waals surface area contributed by atoms with Crippen molar-refractivity contribution in [2.24, 2.45) is 0 Å². The standard InChI is InChI=1S/C20H20ClN3OS/c1-4-14-7-5-6-8-17(14)24-20-22-13(3)18(26-20)19(25)23-15-9-10-16(21)12(2)11-15/h5-11H,4H2,1-3H3,(H,22,24)(H,23,25). The molecule has 1 heterocycles. The maximum absolute atomic E-state index is 12.6. The first-order valence-corrected chi connectivity index (χ1v) is 9.57. The molecule has 0 unspecified atom stereocenters. The SMILES string of the molecule is CCc1ccccc1Nc1nc(C)c(C(=O)Nc2ccc(Cl)c(C)c2)s1. The van der Waals surface area contributed by atoms with Crippen LogP contribution in [0.2, 0.25) is 5.02 Å². The molecule has 0 aliphatic carbocycles. The maximum Gasteiger partial charge on any atom is 0.267 e. The van der Waals surface area contributed by atoms with Gasteiger partial charge in [0.1, 0.15) is 4.88 Å². The molecule has 0 saturated heterocycles. The molecule has 2 aromatic carbocycles. The number of carbonyl (C=O) groups is 1. The van der Waals surface area contributed by atoms with Crippen LogP contribution in [0.5, 0.6) is 0 Å². The molecule has 26 heavy (non-hydrogen) atoms. The summed E-state index contributed by atoms with van der Waals surface area (Å²) in [5.41, 5.74) is 4.57. The van der Waals surface area contributed by atoms with Crippen LogP contribution in [0.1, 0.15) is 33.4 Å². The average molecular weight is 386 g/mol. The Labute approximate surface area is 162 Å². The second-order valence-electron chi connectivity index (χ2n) is 5.99. The summed E-state index contributed by atoms with van der Waals surface area (Å²) in [6, 6.07) is 13.5. The molecule has 0 aliphatic heterocycles. The van der Waals surface area contributed by atoms with Crippen LogP contribution in [0.15, 0.2) is 42.5 Å². The van der Waals surface area contributed by atoms with E-state index in [1.807, 2.05) is 38.1 Å². The van der Waals surface area contributed by atoms with Crippen molar-refractivity contribution in [1.82, 2.24) is 4.98 Å². The molecule has 0 atom stereocenters. The molecular weight excluding hydrogens is 366 g/mol. The van der Waals surface area contributed by atoms with Gasteiger partial charge >= 0.3 is 0 Å². The van der Waals surface area contributed by atoms with Crippen LogP contribution in [0.4, 0.5) is 16.5 Å². The summed E-state index contributed by atoms with van der Waals surface area (Å²) in [6.07, 6.45) is 0.927. The fraction of sp³-hybridized carbons (Fsp3) is 0.200. The molecule has 134 valence electrons. The van der Waals surface area contributed by atoms with Crippen molar-refractivity contribution in [2.75, 3.05) is 10.6 Å². The van der Waals surface area contributed by atoms with E-state index in [1.165, 1.54) is 16.9 Å². The van der Waals surface area contributed by atoms with Gasteiger partial charge in [-0.2, -0.15) is 0 Å². The van der Waals surface area contributed by atoms with Crippen LogP contribution >= 0.6 is 22.9 Å². The van der Waals surface area contributed by atoms with Crippen LogP contribution < -0.4 is 10.6 Å². The van der Waals surface area contributed by atoms with Gasteiger partial charge in [0, 0.05) is 16.4 Å². The van der Waals surface area contributed by atoms with Gasteiger partial charge in [0.15, 0.2) is 5.13 Å². The quantitative estimate of drug-likeness (QED) is 0.568. The number of anilines is 3. The number of thiazole rings is 1. The van der Waals surface area contributed by atoms with E-state index >= 15 is 0 Å². The van der Waals surface area contributed by atoms with Gasteiger partial charge in [0.05, 0.1) is 5.69 Å². The van der Waals surface area contributed by atoms with Crippen molar-refractivity contribution < 1.29 is 4.79 Å². The second-order valence-corrected chi connectivity index (χ2v) is 7.39. The molecule has 0 fully saturated rings. The minimum absolute atomic E-state index is 0.168. The highest BCUT2D eigenvalue weighted by atomic mass is 35.5. The van der Waals surface area contributed by atoms with E-state index < -0.39 is 0 Å². The number of benzene rings is 2. The van der Waals surface area contributed by atoms with Crippen molar-refractivity contribution in [1.29, 1.82) is 0 Å². The van der Waals surface area contributed by atoms with E-state index in [-0.39, 0.29) is 5.91 Å². The first-order chi connectivity index (χ1) is 12.5. The van der Waals surface area contributed by atoms with Crippen molar-refractivity contribution in [3.63, 3.8) is 0 Å². The molecule has 1 aromatic heterocycles. The number of para-hydroxylation sites is 1. The molecule has 3 aromatic rings. The number of nitrogens with zero attached hydrogens (tertiary/aromatic N) is 1. The van der Waals surface area contributed by atoms with E-state index in [1.54, 1.807) is 12.1 Å². The molecule has 2 N–H and O–H groups in total. The number of carbonyl (C=O) groups excluding carboxylic acids is 1. The van der Waals surface area contributed by atoms with E-state index in [2.05, 4.69) is 28.6 Å². The number of aryl methyl sites for hydroxylation is 3. The van der Waals surface area contributed by atoms with Crippen molar-refractivity contribution in [2.45, 2.75) is 27.2 Å². The lowest BCUT2D eigenvalue weighted by Gasteiger charge is -2.07. The summed E-state index contributed by atoms with van der Waals surface area (Å²) >= 11 is 7.38. The van der Waals surface area contributed by atoms with Crippen LogP contribution in [-0.2, 0) is 6.42 Å². The highest BCUT2D eigenvalue weighted by molar-refractivity contribution is 7.17. The predicted molar refractivity (Wildman–Crippen MR) is 110 cm³/mol. The third kappa shape index (κ3) is 4.06. The Bertz CT molecular complexity index is 952. The molecule has 0 saturated carbocycles. The third-order valence-corrected chi connectivity index (χ3v) is 5.55. The molecule has 6 heteroatoms. The normalized spacial score (nSPS) is 10.6. The fourth-order valence-corrected chi connectivity index (χ4v) is 3.63. The van der Waals surface area contributed by atoms with Gasteiger partial charge in [0.25, 0.3) is 5.91 Å². The first kappa shape index (κ1) is 18.4. The molecule has 4 nitrogen and oxygen atoms in total. The molecule has 0 spiro atoms. The summed E-state index contributed by atoms with van der Waals surface area (Å²) in [6.45, 7) is 5.86. The largest absolute Gasteiger partial charge is 0.331 e. The summed E-state index contributed by atoms with van der Waals surface area (Å²) in [7, 11) is 0. The van der Waals surface area contributed by atoms with E-state index in [9.17, 15) is 4.79 Å². The molecule has 0 aliphatic rings. The number of amides is 1. The van der Waals surface area contributed by atoms with Gasteiger partial charge in [-0.05, 0) is 55.7 Å². The smallest absolute Gasteiger partial charge is 0.267 e. The van der Waals surface area contributed by atoms with Gasteiger partial charge in [-0.1, -0.05) is 48.1 Å². The minimum Gasteiger partial charge on any atom is -0.331 e. The van der Waals surface area contributed by atoms with Gasteiger partial charge in [-0.25, -0.2) is 4.98 Å². The minimum atomic E-state index is -0.168. The van der Waals surface area contributed by atoms with E-state index in [0.29, 0.717) is 20.7 Å². The van der Waals surface area contributed by atoms with Crippen LogP contribution in [0, 0.1) is 13.8 Å². The van der Waals surface area contributed by atoms with Gasteiger partial charge in [-0.15, -0.1) is 0 Å². The Morgan fingerprint density at radius 3 is 2.69 bits per heavy atom. The Kier molecular flexibility index (Phi) is 5.59. The zero-order chi connectivity index (χ0) is 18.7. The van der Waals surface area contributed by atoms with Gasteiger partial charge in [-0.3, -0.25) is 4.79 Å². The highest BCUT2D eigenvalue weighted by Crippen LogP contribution is 2.28. The zero-order valence-electron chi connectivity index (χ0n) is 14.9. The van der Waals surface area contributed by atoms with Crippen LogP contribution in [0.3, 0.4) is 0 Å². The Morgan fingerprint density at radius 1 is 1.19 bits per heavy atom. The van der Waals surface area contributed by atoms with E-state index in [0.717, 1.165) is 23.4 Å². The number of hydrogen-bond donors (Lipinski definition) is 2. The summed E-state index contributed by atoms with van der Waals surface area (Å²) < 4.78 is 0. The topological polar surface area (TPSA) is 54.0 Å². The molecule has 1 amide bonds. The monoisotopic (exact) mass is 385 g/mol. The lowest BCUT2D eigenvalue weighted by atomic mass is 10.1. The zero-order valence-corrected chi connectivity index (χ0v) is 16.5. The number of halogens is 1. The first-order valence-electron chi connectivity index (χ1n) is 8.37. The Hall–Kier alpha value is -2.37. The van der Waals surface area contributed by atoms with E-state index in [4.69, 9.17) is 11.6 Å². The van der Waals surface area contributed by atoms with Crippen molar-refractivity contribution in [3.05, 3.63) is 69.2 Å². The lowest BCUT2D eigenvalue weighted by molar-refractivity contribution is 0.103. The molecule has 0 radical (unpaired) electrons. The third-order valence-electron chi connectivity index (χ3n) is 4.06. The lowest BCUT2D eigenvalue weighted by Crippen LogP contribution is -2.11. The fourth-order valence-electron chi connectivity index (χ4n) is 2.64. The molecule has 3 rings (SSSR count). The van der Waals surface area contributed by atoms with Gasteiger partial charge < -0.3 is 10.6 Å². The summed E-state index contributed by atoms with van der Waals surface area (Å²) in [5.74, 6) is -0.168. The predicted octanol–water partition coefficient (Wildman–Crippen LogP) is 5.97. The number of hydrogen-bond acceptors (Lipinski definition) is 4. The Balaban J connectivity index is 1.79. The number of rotatable bonds is 5. The maximum atomic E-state index is 12.6. The van der Waals surface area contributed by atoms with Gasteiger partial charge in [0.2, 0.25) is 0 Å². The van der Waals surface area contributed by atoms with Crippen LogP contribution in [-0.4, -0.2) is 10.9 Å². The Morgan fingerprint density at radius 2 is 1.96 bits per heavy atom. The molecule has 0 bridgehead atoms. The van der Waals surface area contributed by atoms with Crippen molar-refractivity contribution >= 4 is 45.4 Å². The number of nitrogens with one attached hydrogen (secondary N) is 2. The van der Waals surface area contributed by atoms with Crippen molar-refractivity contribution in [3.8, 4) is 0 Å².